The number of carbonyl (C=O) groups is 2. The van der Waals surface area contributed by atoms with E-state index in [-0.39, 0.29) is 17.7 Å². The fourth-order valence-electron chi connectivity index (χ4n) is 4.19. The third-order valence-electron chi connectivity index (χ3n) is 5.74. The van der Waals surface area contributed by atoms with Crippen molar-refractivity contribution in [3.63, 3.8) is 0 Å². The molecule has 0 bridgehead atoms. The molecule has 2 N–H and O–H groups in total. The molecule has 6 nitrogen and oxygen atoms in total. The van der Waals surface area contributed by atoms with Gasteiger partial charge in [-0.3, -0.25) is 14.6 Å². The lowest BCUT2D eigenvalue weighted by atomic mass is 9.91. The molecular weight excluding hydrogens is 378 g/mol. The fourth-order valence-corrected chi connectivity index (χ4v) is 4.19. The molecule has 154 valence electrons. The summed E-state index contributed by atoms with van der Waals surface area (Å²) in [6, 6.07) is 15.3. The van der Waals surface area contributed by atoms with Crippen molar-refractivity contribution in [1.29, 1.82) is 0 Å². The van der Waals surface area contributed by atoms with Crippen LogP contribution in [0.4, 0.5) is 5.69 Å². The highest BCUT2D eigenvalue weighted by Gasteiger charge is 2.34. The molecule has 1 unspecified atom stereocenters. The van der Waals surface area contributed by atoms with Gasteiger partial charge in [0.05, 0.1) is 13.2 Å². The second-order valence-electron chi connectivity index (χ2n) is 7.67. The van der Waals surface area contributed by atoms with Gasteiger partial charge in [0.25, 0.3) is 11.8 Å². The van der Waals surface area contributed by atoms with Gasteiger partial charge in [-0.15, -0.1) is 0 Å². The summed E-state index contributed by atoms with van der Waals surface area (Å²) in [5, 5.41) is 0. The molecule has 0 aliphatic carbocycles. The van der Waals surface area contributed by atoms with Crippen molar-refractivity contribution >= 4 is 23.2 Å². The topological polar surface area (TPSA) is 85.0 Å². The summed E-state index contributed by atoms with van der Waals surface area (Å²) in [7, 11) is 1.62. The smallest absolute Gasteiger partial charge is 0.267 e. The van der Waals surface area contributed by atoms with E-state index in [0.29, 0.717) is 37.0 Å². The van der Waals surface area contributed by atoms with Gasteiger partial charge < -0.3 is 15.4 Å². The number of aryl methyl sites for hydroxylation is 1. The Morgan fingerprint density at radius 2 is 1.90 bits per heavy atom. The van der Waals surface area contributed by atoms with E-state index in [1.54, 1.807) is 12.0 Å². The van der Waals surface area contributed by atoms with Crippen LogP contribution < -0.4 is 15.4 Å². The number of primary amides is 1. The summed E-state index contributed by atoms with van der Waals surface area (Å²) < 4.78 is 5.23. The molecule has 0 saturated carbocycles. The molecule has 1 atom stereocenters. The van der Waals surface area contributed by atoms with Crippen LogP contribution in [0.25, 0.3) is 0 Å². The van der Waals surface area contributed by atoms with Crippen molar-refractivity contribution in [3.8, 4) is 5.75 Å². The summed E-state index contributed by atoms with van der Waals surface area (Å²) in [6.07, 6.45) is 1.74. The van der Waals surface area contributed by atoms with E-state index < -0.39 is 5.91 Å². The van der Waals surface area contributed by atoms with E-state index in [1.807, 2.05) is 55.5 Å². The van der Waals surface area contributed by atoms with E-state index in [9.17, 15) is 9.59 Å². The number of ether oxygens (including phenoxy) is 1. The van der Waals surface area contributed by atoms with Gasteiger partial charge >= 0.3 is 0 Å². The first-order valence-electron chi connectivity index (χ1n) is 10.1. The van der Waals surface area contributed by atoms with Crippen LogP contribution in [-0.4, -0.2) is 31.2 Å². The third kappa shape index (κ3) is 3.73. The Bertz CT molecular complexity index is 1050. The first-order chi connectivity index (χ1) is 14.5. The van der Waals surface area contributed by atoms with Crippen molar-refractivity contribution in [1.82, 2.24) is 0 Å². The molecule has 30 heavy (non-hydrogen) atoms. The normalized spacial score (nSPS) is 19.1. The van der Waals surface area contributed by atoms with E-state index in [0.717, 1.165) is 22.6 Å². The van der Waals surface area contributed by atoms with E-state index in [4.69, 9.17) is 15.5 Å². The molecule has 0 aromatic heterocycles. The molecule has 2 aromatic carbocycles. The van der Waals surface area contributed by atoms with Crippen LogP contribution >= 0.6 is 0 Å². The minimum atomic E-state index is -0.584. The summed E-state index contributed by atoms with van der Waals surface area (Å²) >= 11 is 0. The minimum Gasteiger partial charge on any atom is -0.497 e. The third-order valence-corrected chi connectivity index (χ3v) is 5.74. The van der Waals surface area contributed by atoms with Gasteiger partial charge in [0.15, 0.2) is 0 Å². The van der Waals surface area contributed by atoms with Gasteiger partial charge in [0.1, 0.15) is 11.5 Å². The van der Waals surface area contributed by atoms with E-state index in [1.165, 1.54) is 0 Å². The Kier molecular flexibility index (Phi) is 5.40. The first-order valence-corrected chi connectivity index (χ1v) is 10.1. The molecule has 0 radical (unpaired) electrons. The van der Waals surface area contributed by atoms with Gasteiger partial charge in [-0.2, -0.15) is 0 Å². The van der Waals surface area contributed by atoms with E-state index >= 15 is 0 Å². The predicted octanol–water partition coefficient (Wildman–Crippen LogP) is 3.50. The van der Waals surface area contributed by atoms with Gasteiger partial charge in [-0.1, -0.05) is 24.3 Å². The van der Waals surface area contributed by atoms with Crippen LogP contribution in [0.1, 0.15) is 36.4 Å². The highest BCUT2D eigenvalue weighted by molar-refractivity contribution is 6.46. The lowest BCUT2D eigenvalue weighted by molar-refractivity contribution is -0.115. The van der Waals surface area contributed by atoms with Gasteiger partial charge in [0, 0.05) is 17.8 Å². The second kappa shape index (κ2) is 8.14. The Balaban J connectivity index is 1.67. The number of carbonyl (C=O) groups excluding carboxylic acids is 2. The number of hydrogen-bond donors (Lipinski definition) is 1. The lowest BCUT2D eigenvalue weighted by Crippen LogP contribution is -2.40. The molecule has 0 saturated heterocycles. The van der Waals surface area contributed by atoms with E-state index in [2.05, 4.69) is 0 Å². The van der Waals surface area contributed by atoms with Crippen molar-refractivity contribution in [2.45, 2.75) is 32.2 Å². The number of anilines is 1. The molecule has 2 amide bonds. The molecular formula is C24H25N3O3. The van der Waals surface area contributed by atoms with Crippen molar-refractivity contribution < 1.29 is 14.3 Å². The standard InChI is InChI=1S/C24H25N3O3/c1-15-4-3-5-17(14-15)27-13-12-19-20(24(27)29)10-11-21(26-22(19)23(25)28)16-6-8-18(30-2)9-7-16/h3-9,14,21H,10-13H2,1-2H3,(H2,25,28). The average Bonchev–Trinajstić information content (AvgIpc) is 2.95. The molecule has 2 aromatic rings. The number of rotatable bonds is 4. The maximum Gasteiger partial charge on any atom is 0.267 e. The van der Waals surface area contributed by atoms with Crippen LogP contribution in [0.2, 0.25) is 0 Å². The fraction of sp³-hybridized carbons (Fsp3) is 0.292. The van der Waals surface area contributed by atoms with Crippen LogP contribution in [0.5, 0.6) is 5.75 Å². The van der Waals surface area contributed by atoms with Gasteiger partial charge in [-0.05, 0) is 67.2 Å². The van der Waals surface area contributed by atoms with Gasteiger partial charge in [-0.25, -0.2) is 0 Å². The number of hydrogen-bond acceptors (Lipinski definition) is 4. The van der Waals surface area contributed by atoms with Crippen molar-refractivity contribution in [2.75, 3.05) is 18.6 Å². The predicted molar refractivity (Wildman–Crippen MR) is 117 cm³/mol. The summed E-state index contributed by atoms with van der Waals surface area (Å²) in [6.45, 7) is 2.51. The molecule has 2 heterocycles. The average molecular weight is 403 g/mol. The molecule has 4 rings (SSSR count). The van der Waals surface area contributed by atoms with Crippen molar-refractivity contribution in [3.05, 3.63) is 70.8 Å². The molecule has 6 heteroatoms. The molecule has 2 aliphatic rings. The molecule has 2 aliphatic heterocycles. The Labute approximate surface area is 176 Å². The zero-order valence-corrected chi connectivity index (χ0v) is 17.2. The number of amides is 2. The Morgan fingerprint density at radius 3 is 2.57 bits per heavy atom. The monoisotopic (exact) mass is 403 g/mol. The van der Waals surface area contributed by atoms with Crippen LogP contribution in [0, 0.1) is 6.92 Å². The number of methoxy groups -OCH3 is 1. The van der Waals surface area contributed by atoms with Crippen LogP contribution in [-0.2, 0) is 9.59 Å². The summed E-state index contributed by atoms with van der Waals surface area (Å²) in [4.78, 5) is 32.1. The molecule has 0 spiro atoms. The number of nitrogens with two attached hydrogens (primary N) is 1. The number of aliphatic imine (C=N–C) groups is 1. The Morgan fingerprint density at radius 1 is 1.13 bits per heavy atom. The zero-order chi connectivity index (χ0) is 21.3. The Hall–Kier alpha value is -3.41. The first kappa shape index (κ1) is 19.9. The minimum absolute atomic E-state index is 0.0637. The number of benzene rings is 2. The summed E-state index contributed by atoms with van der Waals surface area (Å²) in [5.41, 5.74) is 10.2. The van der Waals surface area contributed by atoms with Crippen LogP contribution in [0.3, 0.4) is 0 Å². The highest BCUT2D eigenvalue weighted by Crippen LogP contribution is 2.36. The zero-order valence-electron chi connectivity index (χ0n) is 17.2. The highest BCUT2D eigenvalue weighted by atomic mass is 16.5. The maximum atomic E-state index is 13.4. The summed E-state index contributed by atoms with van der Waals surface area (Å²) in [5.74, 6) is 0.110. The SMILES string of the molecule is COc1ccc(C2CCC3=C(CCN(c4cccc(C)c4)C3=O)C(C(N)=O)=N2)cc1. The molecule has 0 fully saturated rings. The lowest BCUT2D eigenvalue weighted by Gasteiger charge is -2.30. The quantitative estimate of drug-likeness (QED) is 0.848. The number of nitrogens with zero attached hydrogens (tertiary/aromatic N) is 2. The second-order valence-corrected chi connectivity index (χ2v) is 7.67. The van der Waals surface area contributed by atoms with Crippen molar-refractivity contribution in [2.24, 2.45) is 10.7 Å². The maximum absolute atomic E-state index is 13.4. The van der Waals surface area contributed by atoms with Gasteiger partial charge in [0.2, 0.25) is 0 Å². The van der Waals surface area contributed by atoms with Crippen LogP contribution in [0.15, 0.2) is 64.7 Å². The largest absolute Gasteiger partial charge is 0.497 e.